The molecule has 0 aliphatic carbocycles. The number of benzene rings is 3. The van der Waals surface area contributed by atoms with E-state index in [4.69, 9.17) is 0 Å². The standard InChI is InChI=1S/C24H23NOS/c1-3-20(23(26)18-12-6-4-7-13-18)24(19-14-8-5-9-15-19)25(2)21-16-10-11-17-22(21)27-24/h4-17,20H,3H2,1-2H3. The van der Waals surface area contributed by atoms with Crippen molar-refractivity contribution < 1.29 is 4.79 Å². The Morgan fingerprint density at radius 1 is 0.926 bits per heavy atom. The summed E-state index contributed by atoms with van der Waals surface area (Å²) in [6, 6.07) is 28.6. The van der Waals surface area contributed by atoms with Gasteiger partial charge in [-0.05, 0) is 24.1 Å². The minimum atomic E-state index is -0.452. The number of ketones is 1. The molecule has 2 atom stereocenters. The Hall–Kier alpha value is -2.52. The van der Waals surface area contributed by atoms with Crippen molar-refractivity contribution in [1.82, 2.24) is 0 Å². The number of carbonyl (C=O) groups is 1. The molecule has 0 saturated heterocycles. The Kier molecular flexibility index (Phi) is 4.79. The van der Waals surface area contributed by atoms with Gasteiger partial charge in [-0.2, -0.15) is 0 Å². The van der Waals surface area contributed by atoms with Gasteiger partial charge in [-0.1, -0.05) is 91.5 Å². The first kappa shape index (κ1) is 17.9. The van der Waals surface area contributed by atoms with Gasteiger partial charge in [-0.25, -0.2) is 0 Å². The van der Waals surface area contributed by atoms with Gasteiger partial charge in [0.25, 0.3) is 0 Å². The number of hydrogen-bond acceptors (Lipinski definition) is 3. The molecule has 0 N–H and O–H groups in total. The van der Waals surface area contributed by atoms with E-state index < -0.39 is 4.87 Å². The number of nitrogens with zero attached hydrogens (tertiary/aromatic N) is 1. The Bertz CT molecular complexity index is 941. The summed E-state index contributed by atoms with van der Waals surface area (Å²) in [5.41, 5.74) is 3.14. The summed E-state index contributed by atoms with van der Waals surface area (Å²) >= 11 is 1.81. The van der Waals surface area contributed by atoms with Gasteiger partial charge in [0.05, 0.1) is 11.6 Å². The third-order valence-electron chi connectivity index (χ3n) is 5.43. The summed E-state index contributed by atoms with van der Waals surface area (Å²) in [6.45, 7) is 2.12. The van der Waals surface area contributed by atoms with E-state index in [2.05, 4.69) is 67.4 Å². The zero-order chi connectivity index (χ0) is 18.9. The molecule has 2 unspecified atom stereocenters. The van der Waals surface area contributed by atoms with E-state index in [0.29, 0.717) is 0 Å². The number of rotatable bonds is 5. The molecule has 1 heterocycles. The number of thioether (sulfide) groups is 1. The van der Waals surface area contributed by atoms with E-state index in [1.807, 2.05) is 36.4 Å². The summed E-state index contributed by atoms with van der Waals surface area (Å²) in [6.07, 6.45) is 0.772. The number of hydrogen-bond donors (Lipinski definition) is 0. The molecule has 3 aromatic rings. The molecule has 0 bridgehead atoms. The maximum Gasteiger partial charge on any atom is 0.169 e. The number of anilines is 1. The predicted molar refractivity (Wildman–Crippen MR) is 113 cm³/mol. The van der Waals surface area contributed by atoms with E-state index in [-0.39, 0.29) is 11.7 Å². The second-order valence-electron chi connectivity index (χ2n) is 6.88. The van der Waals surface area contributed by atoms with Crippen LogP contribution >= 0.6 is 11.8 Å². The van der Waals surface area contributed by atoms with Crippen molar-refractivity contribution in [3.8, 4) is 0 Å². The molecular weight excluding hydrogens is 350 g/mol. The van der Waals surface area contributed by atoms with Crippen LogP contribution in [0.1, 0.15) is 29.3 Å². The summed E-state index contributed by atoms with van der Waals surface area (Å²) < 4.78 is 0. The molecular formula is C24H23NOS. The van der Waals surface area contributed by atoms with Crippen LogP contribution < -0.4 is 4.90 Å². The number of para-hydroxylation sites is 1. The van der Waals surface area contributed by atoms with Crippen molar-refractivity contribution in [3.63, 3.8) is 0 Å². The van der Waals surface area contributed by atoms with E-state index >= 15 is 0 Å². The summed E-state index contributed by atoms with van der Waals surface area (Å²) in [5, 5.41) is 0. The fourth-order valence-corrected chi connectivity index (χ4v) is 5.81. The van der Waals surface area contributed by atoms with Crippen molar-refractivity contribution in [3.05, 3.63) is 96.1 Å². The largest absolute Gasteiger partial charge is 0.354 e. The molecule has 4 rings (SSSR count). The van der Waals surface area contributed by atoms with Crippen LogP contribution in [0.3, 0.4) is 0 Å². The molecule has 0 fully saturated rings. The highest BCUT2D eigenvalue weighted by Gasteiger charge is 2.52. The van der Waals surface area contributed by atoms with E-state index in [0.717, 1.165) is 12.0 Å². The maximum absolute atomic E-state index is 13.6. The lowest BCUT2D eigenvalue weighted by Gasteiger charge is -2.42. The third-order valence-corrected chi connectivity index (χ3v) is 7.10. The minimum Gasteiger partial charge on any atom is -0.354 e. The monoisotopic (exact) mass is 373 g/mol. The molecule has 0 spiro atoms. The lowest BCUT2D eigenvalue weighted by atomic mass is 9.83. The van der Waals surface area contributed by atoms with Crippen molar-refractivity contribution in [2.24, 2.45) is 5.92 Å². The number of fused-ring (bicyclic) bond motifs is 1. The van der Waals surface area contributed by atoms with Crippen LogP contribution in [0.2, 0.25) is 0 Å². The molecule has 0 radical (unpaired) electrons. The van der Waals surface area contributed by atoms with Crippen LogP contribution in [0.15, 0.2) is 89.8 Å². The smallest absolute Gasteiger partial charge is 0.169 e. The zero-order valence-corrected chi connectivity index (χ0v) is 16.4. The Balaban J connectivity index is 1.88. The van der Waals surface area contributed by atoms with Gasteiger partial charge in [0, 0.05) is 17.5 Å². The molecule has 0 aromatic heterocycles. The molecule has 1 aliphatic rings. The van der Waals surface area contributed by atoms with Crippen LogP contribution in [0.25, 0.3) is 0 Å². The van der Waals surface area contributed by atoms with Gasteiger partial charge in [0.1, 0.15) is 4.87 Å². The van der Waals surface area contributed by atoms with E-state index in [1.165, 1.54) is 16.1 Å². The van der Waals surface area contributed by atoms with Gasteiger partial charge in [0.15, 0.2) is 5.78 Å². The molecule has 3 aromatic carbocycles. The maximum atomic E-state index is 13.6. The van der Waals surface area contributed by atoms with Crippen LogP contribution in [0, 0.1) is 5.92 Å². The Morgan fingerprint density at radius 3 is 2.15 bits per heavy atom. The summed E-state index contributed by atoms with van der Waals surface area (Å²) in [5.74, 6) is 0.0406. The average Bonchev–Trinajstić information content (AvgIpc) is 3.03. The van der Waals surface area contributed by atoms with Crippen LogP contribution in [-0.4, -0.2) is 12.8 Å². The highest BCUT2D eigenvalue weighted by atomic mass is 32.2. The predicted octanol–water partition coefficient (Wildman–Crippen LogP) is 5.99. The topological polar surface area (TPSA) is 20.3 Å². The van der Waals surface area contributed by atoms with Gasteiger partial charge in [-0.15, -0.1) is 0 Å². The van der Waals surface area contributed by atoms with Gasteiger partial charge < -0.3 is 4.90 Å². The fourth-order valence-electron chi connectivity index (χ4n) is 4.11. The quantitative estimate of drug-likeness (QED) is 0.512. The molecule has 2 nitrogen and oxygen atoms in total. The van der Waals surface area contributed by atoms with Crippen molar-refractivity contribution in [1.29, 1.82) is 0 Å². The Labute approximate surface area is 165 Å². The third kappa shape index (κ3) is 2.87. The second kappa shape index (κ2) is 7.24. The lowest BCUT2D eigenvalue weighted by Crippen LogP contribution is -2.47. The molecule has 3 heteroatoms. The van der Waals surface area contributed by atoms with E-state index in [1.54, 1.807) is 11.8 Å². The van der Waals surface area contributed by atoms with Gasteiger partial charge in [0.2, 0.25) is 0 Å². The molecule has 0 saturated carbocycles. The van der Waals surface area contributed by atoms with Crippen molar-refractivity contribution in [2.75, 3.05) is 11.9 Å². The average molecular weight is 374 g/mol. The Morgan fingerprint density at radius 2 is 1.52 bits per heavy atom. The highest BCUT2D eigenvalue weighted by Crippen LogP contribution is 2.59. The fraction of sp³-hybridized carbons (Fsp3) is 0.208. The molecule has 27 heavy (non-hydrogen) atoms. The molecule has 136 valence electrons. The van der Waals surface area contributed by atoms with Crippen LogP contribution in [0.4, 0.5) is 5.69 Å². The SMILES string of the molecule is CCC(C(=O)c1ccccc1)C1(c2ccccc2)Sc2ccccc2N1C. The van der Waals surface area contributed by atoms with Crippen LogP contribution in [0.5, 0.6) is 0 Å². The van der Waals surface area contributed by atoms with Crippen molar-refractivity contribution >= 4 is 23.2 Å². The van der Waals surface area contributed by atoms with Gasteiger partial charge >= 0.3 is 0 Å². The number of Topliss-reactive ketones (excluding diaryl/α,β-unsaturated/α-hetero) is 1. The van der Waals surface area contributed by atoms with E-state index in [9.17, 15) is 4.79 Å². The first-order chi connectivity index (χ1) is 13.2. The number of carbonyl (C=O) groups excluding carboxylic acids is 1. The summed E-state index contributed by atoms with van der Waals surface area (Å²) in [7, 11) is 2.12. The van der Waals surface area contributed by atoms with Crippen LogP contribution in [-0.2, 0) is 4.87 Å². The molecule has 1 aliphatic heterocycles. The minimum absolute atomic E-state index is 0.162. The first-order valence-electron chi connectivity index (χ1n) is 9.35. The first-order valence-corrected chi connectivity index (χ1v) is 10.2. The van der Waals surface area contributed by atoms with Gasteiger partial charge in [-0.3, -0.25) is 4.79 Å². The van der Waals surface area contributed by atoms with Crippen molar-refractivity contribution in [2.45, 2.75) is 23.1 Å². The highest BCUT2D eigenvalue weighted by molar-refractivity contribution is 8.01. The summed E-state index contributed by atoms with van der Waals surface area (Å²) in [4.78, 5) is 16.7. The lowest BCUT2D eigenvalue weighted by molar-refractivity contribution is 0.0883. The normalized spacial score (nSPS) is 19.6. The second-order valence-corrected chi connectivity index (χ2v) is 8.15. The zero-order valence-electron chi connectivity index (χ0n) is 15.6. The molecule has 0 amide bonds.